The van der Waals surface area contributed by atoms with Crippen LogP contribution in [0.25, 0.3) is 0 Å². The van der Waals surface area contributed by atoms with Crippen LogP contribution in [-0.2, 0) is 17.1 Å². The van der Waals surface area contributed by atoms with Crippen LogP contribution in [0.4, 0.5) is 8.78 Å². The molecule has 1 unspecified atom stereocenters. The van der Waals surface area contributed by atoms with Crippen molar-refractivity contribution in [3.05, 3.63) is 12.0 Å². The molecule has 0 bridgehead atoms. The van der Waals surface area contributed by atoms with Crippen molar-refractivity contribution in [3.8, 4) is 0 Å². The summed E-state index contributed by atoms with van der Waals surface area (Å²) >= 11 is 0. The van der Waals surface area contributed by atoms with Gasteiger partial charge in [-0.25, -0.2) is 22.2 Å². The molecule has 1 saturated carbocycles. The predicted molar refractivity (Wildman–Crippen MR) is 63.3 cm³/mol. The smallest absolute Gasteiger partial charge is 0.260 e. The zero-order chi connectivity index (χ0) is 14.1. The molecule has 0 aromatic carbocycles. The SMILES string of the molecule is Cc1ncc(S(=O)(=O)N2CCC3(C2)CC3(F)F)n1C. The molecule has 1 spiro atoms. The van der Waals surface area contributed by atoms with Crippen LogP contribution in [-0.4, -0.2) is 41.3 Å². The van der Waals surface area contributed by atoms with Gasteiger partial charge in [0.15, 0.2) is 5.03 Å². The molecule has 3 rings (SSSR count). The van der Waals surface area contributed by atoms with Crippen molar-refractivity contribution in [2.75, 3.05) is 13.1 Å². The minimum atomic E-state index is -3.73. The molecule has 8 heteroatoms. The van der Waals surface area contributed by atoms with Crippen LogP contribution >= 0.6 is 0 Å². The van der Waals surface area contributed by atoms with Gasteiger partial charge in [-0.15, -0.1) is 0 Å². The quantitative estimate of drug-likeness (QED) is 0.821. The third kappa shape index (κ3) is 1.66. The van der Waals surface area contributed by atoms with Crippen LogP contribution in [0.5, 0.6) is 0 Å². The van der Waals surface area contributed by atoms with Gasteiger partial charge in [-0.05, 0) is 13.3 Å². The first-order valence-electron chi connectivity index (χ1n) is 6.06. The summed E-state index contributed by atoms with van der Waals surface area (Å²) in [5, 5.41) is 0.0611. The Bertz CT molecular complexity index is 640. The summed E-state index contributed by atoms with van der Waals surface area (Å²) in [6, 6.07) is 0. The highest BCUT2D eigenvalue weighted by molar-refractivity contribution is 7.89. The number of aromatic nitrogens is 2. The number of hydrogen-bond donors (Lipinski definition) is 0. The van der Waals surface area contributed by atoms with Gasteiger partial charge < -0.3 is 4.57 Å². The molecule has 1 aliphatic heterocycles. The maximum atomic E-state index is 13.3. The predicted octanol–water partition coefficient (Wildman–Crippen LogP) is 1.15. The Labute approximate surface area is 110 Å². The average molecular weight is 291 g/mol. The standard InChI is InChI=1S/C11H15F2N3O2S/c1-8-14-5-9(15(8)2)19(17,18)16-4-3-10(7-16)6-11(10,12)13/h5H,3-4,6-7H2,1-2H3. The Balaban J connectivity index is 1.90. The largest absolute Gasteiger partial charge is 0.321 e. The van der Waals surface area contributed by atoms with E-state index in [0.29, 0.717) is 5.82 Å². The van der Waals surface area contributed by atoms with Crippen molar-refractivity contribution in [2.45, 2.75) is 30.7 Å². The van der Waals surface area contributed by atoms with E-state index in [0.717, 1.165) is 4.31 Å². The molecule has 5 nitrogen and oxygen atoms in total. The molecule has 0 radical (unpaired) electrons. The molecule has 1 saturated heterocycles. The zero-order valence-corrected chi connectivity index (χ0v) is 11.5. The first kappa shape index (κ1) is 13.0. The van der Waals surface area contributed by atoms with Gasteiger partial charge in [-0.1, -0.05) is 0 Å². The Morgan fingerprint density at radius 2 is 2.05 bits per heavy atom. The second-order valence-corrected chi connectivity index (χ2v) is 7.34. The maximum absolute atomic E-state index is 13.3. The molecule has 1 aromatic rings. The molecule has 2 heterocycles. The van der Waals surface area contributed by atoms with Gasteiger partial charge in [0.1, 0.15) is 5.82 Å². The summed E-state index contributed by atoms with van der Waals surface area (Å²) in [5.74, 6) is -2.14. The van der Waals surface area contributed by atoms with E-state index in [-0.39, 0.29) is 31.0 Å². The maximum Gasteiger partial charge on any atom is 0.260 e. The van der Waals surface area contributed by atoms with E-state index in [1.54, 1.807) is 14.0 Å². The molecule has 1 atom stereocenters. The minimum absolute atomic E-state index is 0.0611. The first-order chi connectivity index (χ1) is 8.70. The van der Waals surface area contributed by atoms with Crippen molar-refractivity contribution in [2.24, 2.45) is 12.5 Å². The monoisotopic (exact) mass is 291 g/mol. The summed E-state index contributed by atoms with van der Waals surface area (Å²) in [6.07, 6.45) is 1.31. The van der Waals surface area contributed by atoms with E-state index in [9.17, 15) is 17.2 Å². The lowest BCUT2D eigenvalue weighted by atomic mass is 10.1. The van der Waals surface area contributed by atoms with E-state index in [1.165, 1.54) is 10.8 Å². The van der Waals surface area contributed by atoms with Crippen LogP contribution in [0.1, 0.15) is 18.7 Å². The first-order valence-corrected chi connectivity index (χ1v) is 7.50. The van der Waals surface area contributed by atoms with Crippen LogP contribution in [0.2, 0.25) is 0 Å². The molecule has 2 aliphatic rings. The molecule has 0 N–H and O–H groups in total. The molecular formula is C11H15F2N3O2S. The van der Waals surface area contributed by atoms with E-state index in [1.807, 2.05) is 0 Å². The molecular weight excluding hydrogens is 276 g/mol. The Morgan fingerprint density at radius 1 is 1.42 bits per heavy atom. The zero-order valence-electron chi connectivity index (χ0n) is 10.7. The third-order valence-corrected chi connectivity index (χ3v) is 6.21. The van der Waals surface area contributed by atoms with Gasteiger partial charge >= 0.3 is 0 Å². The van der Waals surface area contributed by atoms with Crippen LogP contribution < -0.4 is 0 Å². The van der Waals surface area contributed by atoms with E-state index >= 15 is 0 Å². The molecule has 0 amide bonds. The molecule has 1 aromatic heterocycles. The van der Waals surface area contributed by atoms with Crippen molar-refractivity contribution in [3.63, 3.8) is 0 Å². The van der Waals surface area contributed by atoms with Gasteiger partial charge in [0.05, 0.1) is 11.6 Å². The molecule has 19 heavy (non-hydrogen) atoms. The van der Waals surface area contributed by atoms with Gasteiger partial charge in [-0.2, -0.15) is 4.31 Å². The highest BCUT2D eigenvalue weighted by Crippen LogP contribution is 2.65. The Hall–Kier alpha value is -1.02. The fraction of sp³-hybridized carbons (Fsp3) is 0.727. The molecule has 1 aliphatic carbocycles. The summed E-state index contributed by atoms with van der Waals surface area (Å²) in [6.45, 7) is 1.76. The number of sulfonamides is 1. The third-order valence-electron chi connectivity index (χ3n) is 4.31. The summed E-state index contributed by atoms with van der Waals surface area (Å²) in [4.78, 5) is 3.94. The number of halogens is 2. The summed E-state index contributed by atoms with van der Waals surface area (Å²) in [5.41, 5.74) is -1.12. The minimum Gasteiger partial charge on any atom is -0.321 e. The molecule has 2 fully saturated rings. The van der Waals surface area contributed by atoms with Crippen molar-refractivity contribution in [1.29, 1.82) is 0 Å². The second kappa shape index (κ2) is 3.54. The van der Waals surface area contributed by atoms with Gasteiger partial charge in [-0.3, -0.25) is 0 Å². The van der Waals surface area contributed by atoms with E-state index in [4.69, 9.17) is 0 Å². The van der Waals surface area contributed by atoms with E-state index in [2.05, 4.69) is 4.98 Å². The fourth-order valence-corrected chi connectivity index (χ4v) is 4.39. The summed E-state index contributed by atoms with van der Waals surface area (Å²) < 4.78 is 54.1. The van der Waals surface area contributed by atoms with Crippen molar-refractivity contribution >= 4 is 10.0 Å². The number of rotatable bonds is 2. The van der Waals surface area contributed by atoms with Crippen molar-refractivity contribution < 1.29 is 17.2 Å². The average Bonchev–Trinajstić information content (AvgIpc) is 2.70. The van der Waals surface area contributed by atoms with Crippen LogP contribution in [0.3, 0.4) is 0 Å². The number of hydrogen-bond acceptors (Lipinski definition) is 3. The Kier molecular flexibility index (Phi) is 2.42. The van der Waals surface area contributed by atoms with E-state index < -0.39 is 21.4 Å². The normalized spacial score (nSPS) is 30.1. The number of imidazole rings is 1. The fourth-order valence-electron chi connectivity index (χ4n) is 2.72. The highest BCUT2D eigenvalue weighted by atomic mass is 32.2. The van der Waals surface area contributed by atoms with Crippen LogP contribution in [0.15, 0.2) is 11.2 Å². The van der Waals surface area contributed by atoms with Crippen LogP contribution in [0, 0.1) is 12.3 Å². The highest BCUT2D eigenvalue weighted by Gasteiger charge is 2.73. The number of nitrogens with zero attached hydrogens (tertiary/aromatic N) is 3. The Morgan fingerprint density at radius 3 is 2.47 bits per heavy atom. The van der Waals surface area contributed by atoms with Gasteiger partial charge in [0.25, 0.3) is 15.9 Å². The van der Waals surface area contributed by atoms with Gasteiger partial charge in [0, 0.05) is 26.6 Å². The van der Waals surface area contributed by atoms with Crippen molar-refractivity contribution in [1.82, 2.24) is 13.9 Å². The number of alkyl halides is 2. The second-order valence-electron chi connectivity index (χ2n) is 5.45. The lowest BCUT2D eigenvalue weighted by molar-refractivity contribution is 0.0688. The lowest BCUT2D eigenvalue weighted by Crippen LogP contribution is -2.31. The topological polar surface area (TPSA) is 55.2 Å². The molecule has 106 valence electrons. The van der Waals surface area contributed by atoms with Gasteiger partial charge in [0.2, 0.25) is 0 Å². The lowest BCUT2D eigenvalue weighted by Gasteiger charge is -2.16. The summed E-state index contributed by atoms with van der Waals surface area (Å²) in [7, 11) is -2.13. The number of aryl methyl sites for hydroxylation is 1.